The van der Waals surface area contributed by atoms with Crippen molar-refractivity contribution in [2.24, 2.45) is 5.73 Å². The highest BCUT2D eigenvalue weighted by molar-refractivity contribution is 6.17. The Balaban J connectivity index is 2.04. The highest BCUT2D eigenvalue weighted by atomic mass is 16.3. The van der Waals surface area contributed by atoms with Gasteiger partial charge in [-0.3, -0.25) is 4.79 Å². The van der Waals surface area contributed by atoms with Crippen molar-refractivity contribution in [2.75, 3.05) is 0 Å². The third-order valence-electron chi connectivity index (χ3n) is 5.03. The lowest BCUT2D eigenvalue weighted by molar-refractivity contribution is 0.100. The van der Waals surface area contributed by atoms with E-state index in [1.54, 1.807) is 6.07 Å². The molecule has 0 unspecified atom stereocenters. The first-order valence-electron chi connectivity index (χ1n) is 8.99. The molecule has 0 bridgehead atoms. The standard InChI is InChI=1S/C23H22N2O2/c1-14-8-15(2)10-17(9-14)12-25-20-5-3-4-19(23(24)27)22(20)18-7-6-16(13-26)11-21(18)25/h3-11,26H,12-13H2,1-2H3,(H2,24,27). The Kier molecular flexibility index (Phi) is 4.21. The number of hydrogen-bond donors (Lipinski definition) is 2. The van der Waals surface area contributed by atoms with Crippen LogP contribution in [0.1, 0.15) is 32.6 Å². The van der Waals surface area contributed by atoms with Crippen LogP contribution in [0.4, 0.5) is 0 Å². The van der Waals surface area contributed by atoms with Crippen LogP contribution in [0.2, 0.25) is 0 Å². The molecule has 1 aromatic heterocycles. The molecule has 3 aromatic carbocycles. The van der Waals surface area contributed by atoms with Crippen LogP contribution in [0.5, 0.6) is 0 Å². The Hall–Kier alpha value is -3.11. The van der Waals surface area contributed by atoms with Crippen LogP contribution in [0.3, 0.4) is 0 Å². The van der Waals surface area contributed by atoms with Crippen molar-refractivity contribution in [3.63, 3.8) is 0 Å². The van der Waals surface area contributed by atoms with Gasteiger partial charge in [0.25, 0.3) is 0 Å². The Morgan fingerprint density at radius 2 is 1.70 bits per heavy atom. The zero-order valence-electron chi connectivity index (χ0n) is 15.5. The average Bonchev–Trinajstić information content (AvgIpc) is 2.94. The molecule has 136 valence electrons. The molecule has 4 rings (SSSR count). The number of rotatable bonds is 4. The minimum absolute atomic E-state index is 0.0241. The van der Waals surface area contributed by atoms with Crippen molar-refractivity contribution in [3.8, 4) is 0 Å². The second-order valence-corrected chi connectivity index (χ2v) is 7.16. The van der Waals surface area contributed by atoms with E-state index in [9.17, 15) is 9.90 Å². The number of nitrogens with two attached hydrogens (primary N) is 1. The lowest BCUT2D eigenvalue weighted by Crippen LogP contribution is -2.11. The number of benzene rings is 3. The SMILES string of the molecule is Cc1cc(C)cc(Cn2c3cc(CO)ccc3c3c(C(N)=O)cccc32)c1. The first kappa shape index (κ1) is 17.3. The van der Waals surface area contributed by atoms with Gasteiger partial charge in [0.15, 0.2) is 0 Å². The number of aliphatic hydroxyl groups is 1. The number of fused-ring (bicyclic) bond motifs is 3. The Bertz CT molecular complexity index is 1170. The molecule has 0 aliphatic heterocycles. The second-order valence-electron chi connectivity index (χ2n) is 7.16. The van der Waals surface area contributed by atoms with Crippen LogP contribution in [0, 0.1) is 13.8 Å². The van der Waals surface area contributed by atoms with E-state index < -0.39 is 5.91 Å². The molecule has 0 saturated carbocycles. The number of aryl methyl sites for hydroxylation is 2. The average molecular weight is 358 g/mol. The summed E-state index contributed by atoms with van der Waals surface area (Å²) >= 11 is 0. The summed E-state index contributed by atoms with van der Waals surface area (Å²) in [5.74, 6) is -0.433. The molecule has 4 aromatic rings. The zero-order chi connectivity index (χ0) is 19.1. The monoisotopic (exact) mass is 358 g/mol. The summed E-state index contributed by atoms with van der Waals surface area (Å²) in [5, 5.41) is 11.4. The van der Waals surface area contributed by atoms with E-state index in [1.165, 1.54) is 16.7 Å². The summed E-state index contributed by atoms with van der Waals surface area (Å²) in [6, 6.07) is 18.0. The van der Waals surface area contributed by atoms with Gasteiger partial charge in [-0.1, -0.05) is 47.5 Å². The Morgan fingerprint density at radius 3 is 2.37 bits per heavy atom. The van der Waals surface area contributed by atoms with Crippen LogP contribution in [-0.2, 0) is 13.2 Å². The first-order chi connectivity index (χ1) is 13.0. The number of hydrogen-bond acceptors (Lipinski definition) is 2. The van der Waals surface area contributed by atoms with E-state index in [0.29, 0.717) is 12.1 Å². The number of primary amides is 1. The molecule has 0 fully saturated rings. The van der Waals surface area contributed by atoms with Crippen molar-refractivity contribution in [2.45, 2.75) is 27.0 Å². The maximum atomic E-state index is 12.0. The fraction of sp³-hybridized carbons (Fsp3) is 0.174. The van der Waals surface area contributed by atoms with Gasteiger partial charge in [-0.05, 0) is 43.2 Å². The predicted octanol–water partition coefficient (Wildman–Crippen LogP) is 4.05. The number of aliphatic hydroxyl groups excluding tert-OH is 1. The maximum absolute atomic E-state index is 12.0. The molecular formula is C23H22N2O2. The highest BCUT2D eigenvalue weighted by Gasteiger charge is 2.17. The van der Waals surface area contributed by atoms with Crippen LogP contribution in [-0.4, -0.2) is 15.6 Å². The quantitative estimate of drug-likeness (QED) is 0.578. The fourth-order valence-corrected chi connectivity index (χ4v) is 4.01. The van der Waals surface area contributed by atoms with E-state index in [-0.39, 0.29) is 6.61 Å². The van der Waals surface area contributed by atoms with Gasteiger partial charge in [-0.15, -0.1) is 0 Å². The highest BCUT2D eigenvalue weighted by Crippen LogP contribution is 2.33. The number of nitrogens with zero attached hydrogens (tertiary/aromatic N) is 1. The lowest BCUT2D eigenvalue weighted by atomic mass is 10.0. The van der Waals surface area contributed by atoms with Gasteiger partial charge in [0.2, 0.25) is 5.91 Å². The summed E-state index contributed by atoms with van der Waals surface area (Å²) in [6.07, 6.45) is 0. The van der Waals surface area contributed by atoms with E-state index >= 15 is 0 Å². The van der Waals surface area contributed by atoms with Gasteiger partial charge in [0.1, 0.15) is 0 Å². The first-order valence-corrected chi connectivity index (χ1v) is 8.99. The lowest BCUT2D eigenvalue weighted by Gasteiger charge is -2.10. The molecule has 0 saturated heterocycles. The van der Waals surface area contributed by atoms with Crippen LogP contribution < -0.4 is 5.73 Å². The van der Waals surface area contributed by atoms with E-state index in [1.807, 2.05) is 30.3 Å². The van der Waals surface area contributed by atoms with Crippen LogP contribution in [0.15, 0.2) is 54.6 Å². The number of aromatic nitrogens is 1. The minimum atomic E-state index is -0.433. The molecule has 4 nitrogen and oxygen atoms in total. The molecule has 0 radical (unpaired) electrons. The van der Waals surface area contributed by atoms with Gasteiger partial charge in [0, 0.05) is 28.4 Å². The molecule has 0 atom stereocenters. The van der Waals surface area contributed by atoms with Crippen LogP contribution in [0.25, 0.3) is 21.8 Å². The van der Waals surface area contributed by atoms with E-state index in [2.05, 4.69) is 36.6 Å². The fourth-order valence-electron chi connectivity index (χ4n) is 4.01. The van der Waals surface area contributed by atoms with Gasteiger partial charge >= 0.3 is 0 Å². The van der Waals surface area contributed by atoms with Gasteiger partial charge in [-0.25, -0.2) is 0 Å². The van der Waals surface area contributed by atoms with Gasteiger partial charge < -0.3 is 15.4 Å². The smallest absolute Gasteiger partial charge is 0.249 e. The third kappa shape index (κ3) is 2.98. The normalized spacial score (nSPS) is 11.4. The maximum Gasteiger partial charge on any atom is 0.249 e. The molecule has 0 aliphatic carbocycles. The van der Waals surface area contributed by atoms with E-state index in [4.69, 9.17) is 5.73 Å². The molecule has 0 spiro atoms. The molecule has 1 amide bonds. The molecule has 3 N–H and O–H groups in total. The third-order valence-corrected chi connectivity index (χ3v) is 5.03. The minimum Gasteiger partial charge on any atom is -0.392 e. The van der Waals surface area contributed by atoms with Gasteiger partial charge in [-0.2, -0.15) is 0 Å². The van der Waals surface area contributed by atoms with Crippen LogP contribution >= 0.6 is 0 Å². The van der Waals surface area contributed by atoms with E-state index in [0.717, 1.165) is 27.4 Å². The number of amides is 1. The summed E-state index contributed by atoms with van der Waals surface area (Å²) < 4.78 is 2.20. The second kappa shape index (κ2) is 6.56. The van der Waals surface area contributed by atoms with Crippen molar-refractivity contribution in [1.29, 1.82) is 0 Å². The predicted molar refractivity (Wildman–Crippen MR) is 109 cm³/mol. The Labute approximate surface area is 157 Å². The topological polar surface area (TPSA) is 68.2 Å². The number of carbonyl (C=O) groups is 1. The molecule has 4 heteroatoms. The molecule has 1 heterocycles. The largest absolute Gasteiger partial charge is 0.392 e. The number of carbonyl (C=O) groups excluding carboxylic acids is 1. The van der Waals surface area contributed by atoms with Crippen molar-refractivity contribution in [3.05, 3.63) is 82.4 Å². The molecular weight excluding hydrogens is 336 g/mol. The molecule has 0 aliphatic rings. The summed E-state index contributed by atoms with van der Waals surface area (Å²) in [7, 11) is 0. The molecule has 27 heavy (non-hydrogen) atoms. The van der Waals surface area contributed by atoms with Gasteiger partial charge in [0.05, 0.1) is 12.1 Å². The zero-order valence-corrected chi connectivity index (χ0v) is 15.5. The van der Waals surface area contributed by atoms with Crippen molar-refractivity contribution < 1.29 is 9.90 Å². The summed E-state index contributed by atoms with van der Waals surface area (Å²) in [6.45, 7) is 4.85. The van der Waals surface area contributed by atoms with Crippen molar-refractivity contribution >= 4 is 27.7 Å². The van der Waals surface area contributed by atoms with Crippen molar-refractivity contribution in [1.82, 2.24) is 4.57 Å². The Morgan fingerprint density at radius 1 is 0.963 bits per heavy atom. The summed E-state index contributed by atoms with van der Waals surface area (Å²) in [5.41, 5.74) is 12.6. The summed E-state index contributed by atoms with van der Waals surface area (Å²) in [4.78, 5) is 12.0.